The van der Waals surface area contributed by atoms with Crippen LogP contribution in [-0.4, -0.2) is 42.8 Å². The second-order valence-electron chi connectivity index (χ2n) is 8.89. The maximum absolute atomic E-state index is 4.60. The van der Waals surface area contributed by atoms with Gasteiger partial charge in [0.15, 0.2) is 0 Å². The van der Waals surface area contributed by atoms with Crippen LogP contribution in [0.3, 0.4) is 0 Å². The lowest BCUT2D eigenvalue weighted by molar-refractivity contribution is 0.0868. The summed E-state index contributed by atoms with van der Waals surface area (Å²) in [4.78, 5) is 10.8. The monoisotopic (exact) mass is 386 g/mol. The average molecular weight is 387 g/mol. The fraction of sp³-hybridized carbons (Fsp3) is 0.435. The molecule has 1 saturated heterocycles. The minimum atomic E-state index is 0.595. The molecule has 1 aliphatic heterocycles. The van der Waals surface area contributed by atoms with Crippen LogP contribution in [0.25, 0.3) is 27.7 Å². The molecule has 2 aliphatic rings. The van der Waals surface area contributed by atoms with E-state index in [1.807, 2.05) is 18.5 Å². The second kappa shape index (κ2) is 6.66. The normalized spacial score (nSPS) is 19.6. The van der Waals surface area contributed by atoms with E-state index in [0.717, 1.165) is 34.2 Å². The summed E-state index contributed by atoms with van der Waals surface area (Å²) < 4.78 is 1.68. The first-order chi connectivity index (χ1) is 14.3. The van der Waals surface area contributed by atoms with Crippen molar-refractivity contribution in [1.82, 2.24) is 29.7 Å². The third-order valence-electron chi connectivity index (χ3n) is 6.98. The van der Waals surface area contributed by atoms with E-state index in [1.54, 1.807) is 10.8 Å². The number of pyridine rings is 1. The lowest BCUT2D eigenvalue weighted by Gasteiger charge is -2.40. The number of fused-ring (bicyclic) bond motifs is 2. The minimum Gasteiger partial charge on any atom is -0.342 e. The molecule has 4 aromatic heterocycles. The van der Waals surface area contributed by atoms with Crippen LogP contribution < -0.4 is 0 Å². The van der Waals surface area contributed by atoms with E-state index in [0.29, 0.717) is 5.41 Å². The Morgan fingerprint density at radius 1 is 1.00 bits per heavy atom. The number of aromatic amines is 1. The zero-order valence-electron chi connectivity index (χ0n) is 16.6. The van der Waals surface area contributed by atoms with Gasteiger partial charge in [-0.3, -0.25) is 4.90 Å². The first kappa shape index (κ1) is 17.2. The Kier molecular flexibility index (Phi) is 3.94. The molecule has 6 nitrogen and oxygen atoms in total. The molecule has 0 unspecified atom stereocenters. The first-order valence-electron chi connectivity index (χ1n) is 10.8. The Bertz CT molecular complexity index is 1170. The number of likely N-dealkylation sites (tertiary alicyclic amines) is 1. The van der Waals surface area contributed by atoms with Crippen LogP contribution in [0.2, 0.25) is 0 Å². The zero-order chi connectivity index (χ0) is 19.3. The number of hydrogen-bond donors (Lipinski definition) is 1. The van der Waals surface area contributed by atoms with Gasteiger partial charge in [0, 0.05) is 42.1 Å². The summed E-state index contributed by atoms with van der Waals surface area (Å²) in [6.45, 7) is 3.44. The molecule has 0 aromatic carbocycles. The molecule has 1 aliphatic carbocycles. The third kappa shape index (κ3) is 2.94. The molecule has 4 aromatic rings. The fourth-order valence-corrected chi connectivity index (χ4v) is 5.66. The Morgan fingerprint density at radius 2 is 1.90 bits per heavy atom. The molecule has 148 valence electrons. The van der Waals surface area contributed by atoms with Crippen molar-refractivity contribution in [1.29, 1.82) is 0 Å². The van der Waals surface area contributed by atoms with E-state index in [1.165, 1.54) is 57.3 Å². The van der Waals surface area contributed by atoms with Crippen LogP contribution in [0.1, 0.15) is 44.2 Å². The number of nitrogens with zero attached hydrogens (tertiary/aromatic N) is 5. The predicted molar refractivity (Wildman–Crippen MR) is 113 cm³/mol. The van der Waals surface area contributed by atoms with Gasteiger partial charge >= 0.3 is 0 Å². The summed E-state index contributed by atoms with van der Waals surface area (Å²) in [5, 5.41) is 9.87. The lowest BCUT2D eigenvalue weighted by atomic mass is 9.78. The first-order valence-corrected chi connectivity index (χ1v) is 10.8. The van der Waals surface area contributed by atoms with Gasteiger partial charge in [-0.15, -0.1) is 0 Å². The highest BCUT2D eigenvalue weighted by molar-refractivity contribution is 5.97. The molecule has 5 heterocycles. The molecular formula is C23H26N6. The molecule has 2 fully saturated rings. The molecule has 29 heavy (non-hydrogen) atoms. The number of aromatic nitrogens is 5. The van der Waals surface area contributed by atoms with Gasteiger partial charge in [0.25, 0.3) is 0 Å². The minimum absolute atomic E-state index is 0.595. The van der Waals surface area contributed by atoms with Gasteiger partial charge in [-0.25, -0.2) is 4.98 Å². The van der Waals surface area contributed by atoms with Crippen LogP contribution in [-0.2, 0) is 6.54 Å². The maximum atomic E-state index is 4.60. The van der Waals surface area contributed by atoms with Crippen molar-refractivity contribution in [3.05, 3.63) is 48.5 Å². The van der Waals surface area contributed by atoms with Gasteiger partial charge in [-0.2, -0.15) is 14.8 Å². The van der Waals surface area contributed by atoms with Crippen LogP contribution in [0.15, 0.2) is 42.9 Å². The summed E-state index contributed by atoms with van der Waals surface area (Å²) >= 11 is 0. The number of H-pyrrole nitrogens is 1. The lowest BCUT2D eigenvalue weighted by Crippen LogP contribution is -2.41. The Hall–Kier alpha value is -2.73. The Morgan fingerprint density at radius 3 is 2.83 bits per heavy atom. The molecule has 1 saturated carbocycles. The highest BCUT2D eigenvalue weighted by atomic mass is 15.4. The van der Waals surface area contributed by atoms with E-state index in [-0.39, 0.29) is 0 Å². The van der Waals surface area contributed by atoms with Crippen LogP contribution in [0.4, 0.5) is 0 Å². The largest absolute Gasteiger partial charge is 0.342 e. The quantitative estimate of drug-likeness (QED) is 0.566. The summed E-state index contributed by atoms with van der Waals surface area (Å²) in [6, 6.07) is 8.38. The molecule has 0 amide bonds. The number of nitrogens with one attached hydrogen (secondary N) is 1. The highest BCUT2D eigenvalue weighted by Gasteiger charge is 2.37. The van der Waals surface area contributed by atoms with Crippen molar-refractivity contribution in [2.24, 2.45) is 5.41 Å². The van der Waals surface area contributed by atoms with E-state index in [2.05, 4.69) is 43.3 Å². The van der Waals surface area contributed by atoms with Crippen molar-refractivity contribution < 1.29 is 0 Å². The van der Waals surface area contributed by atoms with Crippen molar-refractivity contribution in [2.75, 3.05) is 13.1 Å². The van der Waals surface area contributed by atoms with Crippen molar-refractivity contribution in [3.8, 4) is 11.1 Å². The van der Waals surface area contributed by atoms with Crippen molar-refractivity contribution in [3.63, 3.8) is 0 Å². The molecule has 6 heteroatoms. The van der Waals surface area contributed by atoms with Gasteiger partial charge in [-0.05, 0) is 67.5 Å². The second-order valence-corrected chi connectivity index (χ2v) is 8.89. The summed E-state index contributed by atoms with van der Waals surface area (Å²) in [6.07, 6.45) is 14.0. The summed E-state index contributed by atoms with van der Waals surface area (Å²) in [5.41, 5.74) is 6.07. The van der Waals surface area contributed by atoms with Crippen LogP contribution in [0.5, 0.6) is 0 Å². The maximum Gasteiger partial charge on any atom is 0.138 e. The number of piperidine rings is 1. The molecule has 0 bridgehead atoms. The SMILES string of the molecule is c1cnn2ncc(-c3ccnc4[nH]c(CN5CCCC6(CCCC6)C5)cc34)c2c1. The van der Waals surface area contributed by atoms with Gasteiger partial charge in [0.1, 0.15) is 5.65 Å². The van der Waals surface area contributed by atoms with E-state index >= 15 is 0 Å². The topological polar surface area (TPSA) is 62.1 Å². The fourth-order valence-electron chi connectivity index (χ4n) is 5.66. The van der Waals surface area contributed by atoms with Gasteiger partial charge in [0.2, 0.25) is 0 Å². The number of rotatable bonds is 3. The Balaban J connectivity index is 1.33. The van der Waals surface area contributed by atoms with Gasteiger partial charge in [-0.1, -0.05) is 12.8 Å². The van der Waals surface area contributed by atoms with Crippen molar-refractivity contribution in [2.45, 2.75) is 45.1 Å². The van der Waals surface area contributed by atoms with E-state index in [4.69, 9.17) is 0 Å². The molecule has 0 radical (unpaired) electrons. The molecule has 0 atom stereocenters. The summed E-state index contributed by atoms with van der Waals surface area (Å²) in [5.74, 6) is 0. The van der Waals surface area contributed by atoms with Crippen LogP contribution >= 0.6 is 0 Å². The Labute approximate surface area is 169 Å². The molecule has 6 rings (SSSR count). The van der Waals surface area contributed by atoms with Crippen LogP contribution in [0, 0.1) is 5.41 Å². The standard InChI is InChI=1S/C23H26N6/c1-2-8-23(7-1)9-4-12-28(16-23)15-17-13-19-18(6-11-24-22(19)27-17)20-14-26-29-21(20)5-3-10-25-29/h3,5-6,10-11,13-14H,1-2,4,7-9,12,15-16H2,(H,24,27). The summed E-state index contributed by atoms with van der Waals surface area (Å²) in [7, 11) is 0. The predicted octanol–water partition coefficient (Wildman–Crippen LogP) is 4.43. The third-order valence-corrected chi connectivity index (χ3v) is 6.98. The molecule has 1 N–H and O–H groups in total. The average Bonchev–Trinajstić information content (AvgIpc) is 3.46. The molecule has 1 spiro atoms. The van der Waals surface area contributed by atoms with E-state index < -0.39 is 0 Å². The highest BCUT2D eigenvalue weighted by Crippen LogP contribution is 2.45. The van der Waals surface area contributed by atoms with Gasteiger partial charge in [0.05, 0.1) is 11.7 Å². The smallest absolute Gasteiger partial charge is 0.138 e. The van der Waals surface area contributed by atoms with Gasteiger partial charge < -0.3 is 4.98 Å². The molecular weight excluding hydrogens is 360 g/mol. The van der Waals surface area contributed by atoms with E-state index in [9.17, 15) is 0 Å². The number of hydrogen-bond acceptors (Lipinski definition) is 4. The zero-order valence-corrected chi connectivity index (χ0v) is 16.6. The van der Waals surface area contributed by atoms with Crippen molar-refractivity contribution >= 4 is 16.6 Å².